The van der Waals surface area contributed by atoms with Crippen molar-refractivity contribution >= 4 is 34.4 Å². The minimum atomic E-state index is -1.06. The Morgan fingerprint density at radius 3 is 2.79 bits per heavy atom. The number of benzene rings is 1. The van der Waals surface area contributed by atoms with Gasteiger partial charge in [-0.3, -0.25) is 4.79 Å². The first kappa shape index (κ1) is 16.8. The fourth-order valence-electron chi connectivity index (χ4n) is 3.22. The molecule has 2 aromatic rings. The molecule has 1 aliphatic heterocycles. The number of aliphatic carboxylic acids is 1. The van der Waals surface area contributed by atoms with E-state index in [2.05, 4.69) is 5.32 Å². The lowest BCUT2D eigenvalue weighted by Crippen LogP contribution is -2.48. The number of carboxylic acids is 1. The maximum absolute atomic E-state index is 12.7. The fourth-order valence-corrected chi connectivity index (χ4v) is 3.59. The second-order valence-corrected chi connectivity index (χ2v) is 6.38. The maximum atomic E-state index is 12.7. The van der Waals surface area contributed by atoms with Crippen molar-refractivity contribution in [2.45, 2.75) is 18.9 Å². The zero-order valence-corrected chi connectivity index (χ0v) is 14.0. The van der Waals surface area contributed by atoms with E-state index in [-0.39, 0.29) is 11.6 Å². The van der Waals surface area contributed by atoms with Crippen LogP contribution < -0.4 is 5.32 Å². The number of hydrogen-bond donors (Lipinski definition) is 2. The number of halogens is 1. The first-order valence-corrected chi connectivity index (χ1v) is 8.23. The van der Waals surface area contributed by atoms with E-state index in [1.165, 1.54) is 0 Å². The van der Waals surface area contributed by atoms with Gasteiger partial charge in [0.25, 0.3) is 5.91 Å². The molecule has 0 radical (unpaired) electrons. The normalized spacial score (nSPS) is 19.2. The molecule has 0 aliphatic carbocycles. The van der Waals surface area contributed by atoms with Crippen LogP contribution >= 0.6 is 11.6 Å². The van der Waals surface area contributed by atoms with Gasteiger partial charge in [0.2, 0.25) is 0 Å². The average Bonchev–Trinajstić information content (AvgIpc) is 2.84. The van der Waals surface area contributed by atoms with Gasteiger partial charge in [-0.2, -0.15) is 0 Å². The van der Waals surface area contributed by atoms with Gasteiger partial charge in [0.1, 0.15) is 11.7 Å². The van der Waals surface area contributed by atoms with E-state index in [9.17, 15) is 14.7 Å². The van der Waals surface area contributed by atoms with Crippen LogP contribution in [0.3, 0.4) is 0 Å². The molecule has 2 heterocycles. The van der Waals surface area contributed by atoms with Crippen molar-refractivity contribution in [1.29, 1.82) is 0 Å². The van der Waals surface area contributed by atoms with Crippen LogP contribution in [0.1, 0.15) is 23.3 Å². The van der Waals surface area contributed by atoms with Gasteiger partial charge in [0.15, 0.2) is 0 Å². The lowest BCUT2D eigenvalue weighted by Gasteiger charge is -2.28. The molecule has 1 saturated heterocycles. The third kappa shape index (κ3) is 2.99. The summed E-state index contributed by atoms with van der Waals surface area (Å²) in [4.78, 5) is 24.3. The topological polar surface area (TPSA) is 80.6 Å². The number of carboxylic acid groups (broad SMARTS) is 1. The van der Waals surface area contributed by atoms with Crippen molar-refractivity contribution in [2.75, 3.05) is 13.2 Å². The molecule has 0 bridgehead atoms. The zero-order chi connectivity index (χ0) is 17.3. The van der Waals surface area contributed by atoms with E-state index in [1.807, 2.05) is 24.3 Å². The maximum Gasteiger partial charge on any atom is 0.326 e. The molecule has 3 rings (SSSR count). The average molecular weight is 351 g/mol. The second kappa shape index (κ2) is 6.83. The Balaban J connectivity index is 1.89. The molecule has 1 aromatic carbocycles. The molecule has 1 aromatic heterocycles. The van der Waals surface area contributed by atoms with Crippen molar-refractivity contribution in [1.82, 2.24) is 9.88 Å². The van der Waals surface area contributed by atoms with Gasteiger partial charge >= 0.3 is 5.97 Å². The summed E-state index contributed by atoms with van der Waals surface area (Å²) in [7, 11) is 1.74. The third-order valence-electron chi connectivity index (χ3n) is 4.48. The number of nitrogens with zero attached hydrogens (tertiary/aromatic N) is 1. The Hall–Kier alpha value is -2.05. The van der Waals surface area contributed by atoms with E-state index < -0.39 is 17.9 Å². The fraction of sp³-hybridized carbons (Fsp3) is 0.412. The van der Waals surface area contributed by atoms with Crippen LogP contribution in [0, 0.1) is 5.92 Å². The number of carbonyl (C=O) groups is 2. The number of para-hydroxylation sites is 1. The molecule has 0 spiro atoms. The quantitative estimate of drug-likeness (QED) is 0.887. The van der Waals surface area contributed by atoms with Gasteiger partial charge in [-0.1, -0.05) is 29.8 Å². The van der Waals surface area contributed by atoms with E-state index in [0.717, 1.165) is 17.3 Å². The van der Waals surface area contributed by atoms with Gasteiger partial charge in [-0.05, 0) is 18.9 Å². The summed E-state index contributed by atoms with van der Waals surface area (Å²) in [5.41, 5.74) is 1.08. The van der Waals surface area contributed by atoms with Crippen LogP contribution in [0.2, 0.25) is 5.02 Å². The second-order valence-electron chi connectivity index (χ2n) is 6.01. The van der Waals surface area contributed by atoms with Crippen LogP contribution in [0.5, 0.6) is 0 Å². The largest absolute Gasteiger partial charge is 0.480 e. The monoisotopic (exact) mass is 350 g/mol. The Kier molecular flexibility index (Phi) is 4.78. The van der Waals surface area contributed by atoms with Gasteiger partial charge < -0.3 is 19.7 Å². The predicted molar refractivity (Wildman–Crippen MR) is 90.4 cm³/mol. The molecular formula is C17H19ClN2O4. The van der Waals surface area contributed by atoms with Gasteiger partial charge in [-0.15, -0.1) is 0 Å². The van der Waals surface area contributed by atoms with Crippen molar-refractivity contribution < 1.29 is 19.4 Å². The standard InChI is InChI=1S/C17H19ClN2O4/c1-20-12-7-3-2-6-11(12)13(18)15(20)16(21)19-14(17(22)23)10-5-4-8-24-9-10/h2-3,6-7,10,14H,4-5,8-9H2,1H3,(H,19,21)(H,22,23). The molecule has 2 atom stereocenters. The van der Waals surface area contributed by atoms with E-state index in [1.54, 1.807) is 11.6 Å². The Morgan fingerprint density at radius 1 is 1.42 bits per heavy atom. The number of fused-ring (bicyclic) bond motifs is 1. The number of nitrogens with one attached hydrogen (secondary N) is 1. The number of aryl methyl sites for hydroxylation is 1. The lowest BCUT2D eigenvalue weighted by molar-refractivity contribution is -0.142. The highest BCUT2D eigenvalue weighted by molar-refractivity contribution is 6.38. The molecule has 24 heavy (non-hydrogen) atoms. The highest BCUT2D eigenvalue weighted by atomic mass is 35.5. The van der Waals surface area contributed by atoms with E-state index in [0.29, 0.717) is 24.7 Å². The van der Waals surface area contributed by atoms with Crippen LogP contribution in [-0.2, 0) is 16.6 Å². The Bertz CT molecular complexity index is 741. The molecule has 1 aliphatic rings. The Morgan fingerprint density at radius 2 is 2.17 bits per heavy atom. The minimum Gasteiger partial charge on any atom is -0.480 e. The lowest BCUT2D eigenvalue weighted by atomic mass is 9.93. The molecule has 128 valence electrons. The summed E-state index contributed by atoms with van der Waals surface area (Å²) in [6.45, 7) is 0.964. The number of carbonyl (C=O) groups excluding carboxylic acids is 1. The summed E-state index contributed by atoms with van der Waals surface area (Å²) < 4.78 is 7.03. The number of rotatable bonds is 4. The van der Waals surface area contributed by atoms with Crippen molar-refractivity contribution in [3.63, 3.8) is 0 Å². The smallest absolute Gasteiger partial charge is 0.326 e. The van der Waals surface area contributed by atoms with Crippen LogP contribution in [0.15, 0.2) is 24.3 Å². The third-order valence-corrected chi connectivity index (χ3v) is 4.86. The predicted octanol–water partition coefficient (Wildman–Crippen LogP) is 2.44. The summed E-state index contributed by atoms with van der Waals surface area (Å²) in [6.07, 6.45) is 1.50. The molecule has 7 heteroatoms. The number of hydrogen-bond acceptors (Lipinski definition) is 3. The molecule has 6 nitrogen and oxygen atoms in total. The van der Waals surface area contributed by atoms with Crippen molar-refractivity contribution in [3.8, 4) is 0 Å². The van der Waals surface area contributed by atoms with Crippen molar-refractivity contribution in [2.24, 2.45) is 13.0 Å². The van der Waals surface area contributed by atoms with Crippen molar-refractivity contribution in [3.05, 3.63) is 35.0 Å². The summed E-state index contributed by atoms with van der Waals surface area (Å²) in [5, 5.41) is 13.2. The van der Waals surface area contributed by atoms with Crippen LogP contribution in [0.25, 0.3) is 10.9 Å². The summed E-state index contributed by atoms with van der Waals surface area (Å²) in [5.74, 6) is -1.79. The molecule has 2 N–H and O–H groups in total. The van der Waals surface area contributed by atoms with E-state index in [4.69, 9.17) is 16.3 Å². The first-order chi connectivity index (χ1) is 11.5. The molecule has 1 fully saturated rings. The van der Waals surface area contributed by atoms with E-state index >= 15 is 0 Å². The minimum absolute atomic E-state index is 0.242. The highest BCUT2D eigenvalue weighted by Crippen LogP contribution is 2.30. The summed E-state index contributed by atoms with van der Waals surface area (Å²) in [6, 6.07) is 6.40. The zero-order valence-electron chi connectivity index (χ0n) is 13.3. The Labute approximate surface area is 144 Å². The summed E-state index contributed by atoms with van der Waals surface area (Å²) >= 11 is 6.35. The first-order valence-electron chi connectivity index (χ1n) is 7.85. The molecule has 0 saturated carbocycles. The number of ether oxygens (including phenoxy) is 1. The number of aromatic nitrogens is 1. The van der Waals surface area contributed by atoms with Crippen LogP contribution in [-0.4, -0.2) is 40.8 Å². The van der Waals surface area contributed by atoms with Gasteiger partial charge in [0, 0.05) is 30.5 Å². The van der Waals surface area contributed by atoms with Gasteiger partial charge in [-0.25, -0.2) is 4.79 Å². The highest BCUT2D eigenvalue weighted by Gasteiger charge is 2.33. The van der Waals surface area contributed by atoms with Crippen LogP contribution in [0.4, 0.5) is 0 Å². The number of amides is 1. The molecule has 2 unspecified atom stereocenters. The molecule has 1 amide bonds. The van der Waals surface area contributed by atoms with Gasteiger partial charge in [0.05, 0.1) is 11.6 Å². The SMILES string of the molecule is Cn1c(C(=O)NC(C(=O)O)C2CCCOC2)c(Cl)c2ccccc21. The molecular weight excluding hydrogens is 332 g/mol.